The smallest absolute Gasteiger partial charge is 0.338 e. The molecule has 0 fully saturated rings. The van der Waals surface area contributed by atoms with Crippen LogP contribution in [-0.4, -0.2) is 44.4 Å². The molecule has 0 aliphatic carbocycles. The van der Waals surface area contributed by atoms with Crippen molar-refractivity contribution in [2.45, 2.75) is 25.7 Å². The van der Waals surface area contributed by atoms with Crippen LogP contribution in [0, 0.1) is 0 Å². The predicted molar refractivity (Wildman–Crippen MR) is 149 cm³/mol. The maximum absolute atomic E-state index is 13.7. The van der Waals surface area contributed by atoms with Crippen LogP contribution in [0.1, 0.15) is 36.8 Å². The van der Waals surface area contributed by atoms with Crippen molar-refractivity contribution < 1.29 is 28.5 Å². The van der Waals surface area contributed by atoms with Gasteiger partial charge in [0.25, 0.3) is 5.56 Å². The third kappa shape index (κ3) is 5.46. The van der Waals surface area contributed by atoms with Gasteiger partial charge in [0, 0.05) is 0 Å². The van der Waals surface area contributed by atoms with Gasteiger partial charge in [0.1, 0.15) is 22.0 Å². The summed E-state index contributed by atoms with van der Waals surface area (Å²) in [6.07, 6.45) is 3.15. The van der Waals surface area contributed by atoms with Gasteiger partial charge >= 0.3 is 11.9 Å². The number of ether oxygens (including phenoxy) is 4. The predicted octanol–water partition coefficient (Wildman–Crippen LogP) is 2.35. The monoisotopic (exact) mass is 550 g/mol. The summed E-state index contributed by atoms with van der Waals surface area (Å²) >= 11 is 1.09. The van der Waals surface area contributed by atoms with Crippen molar-refractivity contribution in [2.24, 2.45) is 5.73 Å². The van der Waals surface area contributed by atoms with Crippen LogP contribution in [0.4, 0.5) is 0 Å². The van der Waals surface area contributed by atoms with Gasteiger partial charge in [-0.1, -0.05) is 37.6 Å². The summed E-state index contributed by atoms with van der Waals surface area (Å²) in [6.45, 7) is 2.15. The maximum atomic E-state index is 13.7. The molecule has 3 aromatic rings. The van der Waals surface area contributed by atoms with Crippen LogP contribution in [-0.2, 0) is 19.1 Å². The summed E-state index contributed by atoms with van der Waals surface area (Å²) in [6, 6.07) is 14.2. The zero-order chi connectivity index (χ0) is 28.1. The molecule has 0 saturated carbocycles. The third-order valence-electron chi connectivity index (χ3n) is 6.32. The van der Waals surface area contributed by atoms with E-state index in [1.165, 1.54) is 18.8 Å². The molecule has 2 heterocycles. The Balaban J connectivity index is 2.06. The molecule has 1 aliphatic heterocycles. The highest BCUT2D eigenvalue weighted by atomic mass is 32.1. The fourth-order valence-electron chi connectivity index (χ4n) is 4.38. The quantitative estimate of drug-likeness (QED) is 0.319. The number of nitrogens with two attached hydrogens (primary N) is 1. The number of esters is 2. The number of nitrogens with zero attached hydrogens (tertiary/aromatic N) is 1. The van der Waals surface area contributed by atoms with Gasteiger partial charge in [-0.15, -0.1) is 11.3 Å². The molecular formula is C29H30N2O7S. The molecule has 0 unspecified atom stereocenters. The molecule has 0 bridgehead atoms. The van der Waals surface area contributed by atoms with Gasteiger partial charge < -0.3 is 24.7 Å². The lowest BCUT2D eigenvalue weighted by molar-refractivity contribution is -0.139. The minimum Gasteiger partial charge on any atom is -0.497 e. The molecule has 1 aromatic heterocycles. The number of unbranched alkanes of at least 4 members (excludes halogenated alkanes) is 1. The molecule has 204 valence electrons. The molecule has 1 aliphatic rings. The molecule has 1 atom stereocenters. The normalized spacial score (nSPS) is 15.1. The standard InChI is InChI=1S/C29H30N2O7S/c1-5-6-13-38-29(34)23-22(18-10-8-12-20(16-18)36-3)24(28(33)37-4)27-31(25(23)30)26(32)21(39-27)15-17-9-7-11-19(14-17)35-2/h7-12,14-16,22H,5-6,13,30H2,1-4H3/b21-15-/t22-/m0/s1. The second-order valence-corrected chi connectivity index (χ2v) is 9.77. The number of carbonyl (C=O) groups excluding carboxylic acids is 2. The van der Waals surface area contributed by atoms with E-state index in [0.717, 1.165) is 23.3 Å². The van der Waals surface area contributed by atoms with E-state index in [1.54, 1.807) is 55.7 Å². The number of fused-ring (bicyclic) bond motifs is 1. The highest BCUT2D eigenvalue weighted by molar-refractivity contribution is 7.07. The second-order valence-electron chi connectivity index (χ2n) is 8.74. The van der Waals surface area contributed by atoms with Crippen LogP contribution < -0.4 is 30.0 Å². The number of aromatic nitrogens is 1. The van der Waals surface area contributed by atoms with E-state index in [1.807, 2.05) is 13.0 Å². The van der Waals surface area contributed by atoms with Crippen molar-refractivity contribution in [1.82, 2.24) is 4.57 Å². The van der Waals surface area contributed by atoms with Crippen LogP contribution in [0.15, 0.2) is 58.9 Å². The molecule has 0 radical (unpaired) electrons. The number of hydrogen-bond acceptors (Lipinski definition) is 9. The van der Waals surface area contributed by atoms with E-state index in [4.69, 9.17) is 24.7 Å². The van der Waals surface area contributed by atoms with Crippen molar-refractivity contribution in [3.05, 3.63) is 84.8 Å². The Bertz CT molecular complexity index is 1620. The lowest BCUT2D eigenvalue weighted by atomic mass is 9.83. The van der Waals surface area contributed by atoms with Crippen LogP contribution >= 0.6 is 11.3 Å². The molecule has 4 rings (SSSR count). The fourth-order valence-corrected chi connectivity index (χ4v) is 5.54. The first-order valence-electron chi connectivity index (χ1n) is 12.4. The van der Waals surface area contributed by atoms with E-state index >= 15 is 0 Å². The molecule has 0 saturated heterocycles. The van der Waals surface area contributed by atoms with Crippen LogP contribution in [0.2, 0.25) is 0 Å². The van der Waals surface area contributed by atoms with Crippen molar-refractivity contribution in [3.63, 3.8) is 0 Å². The molecule has 0 spiro atoms. The van der Waals surface area contributed by atoms with Gasteiger partial charge in [-0.25, -0.2) is 9.59 Å². The molecular weight excluding hydrogens is 520 g/mol. The van der Waals surface area contributed by atoms with Crippen LogP contribution in [0.3, 0.4) is 0 Å². The Kier molecular flexibility index (Phi) is 8.55. The minimum atomic E-state index is -0.954. The first-order chi connectivity index (χ1) is 18.8. The summed E-state index contributed by atoms with van der Waals surface area (Å²) < 4.78 is 23.2. The fraction of sp³-hybridized carbons (Fsp3) is 0.276. The number of methoxy groups -OCH3 is 3. The Hall–Kier alpha value is -4.31. The summed E-state index contributed by atoms with van der Waals surface area (Å²) in [5.74, 6) is -1.31. The Labute approximate surface area is 229 Å². The van der Waals surface area contributed by atoms with Crippen LogP contribution in [0.5, 0.6) is 11.5 Å². The zero-order valence-corrected chi connectivity index (χ0v) is 23.0. The van der Waals surface area contributed by atoms with Gasteiger partial charge in [0.05, 0.1) is 49.5 Å². The van der Waals surface area contributed by atoms with Crippen molar-refractivity contribution in [2.75, 3.05) is 27.9 Å². The highest BCUT2D eigenvalue weighted by Crippen LogP contribution is 2.38. The van der Waals surface area contributed by atoms with Gasteiger partial charge in [-0.2, -0.15) is 0 Å². The number of benzene rings is 2. The Morgan fingerprint density at radius 1 is 1.00 bits per heavy atom. The lowest BCUT2D eigenvalue weighted by Crippen LogP contribution is -2.41. The molecule has 39 heavy (non-hydrogen) atoms. The Morgan fingerprint density at radius 2 is 1.69 bits per heavy atom. The van der Waals surface area contributed by atoms with E-state index in [0.29, 0.717) is 28.0 Å². The third-order valence-corrected chi connectivity index (χ3v) is 7.43. The average Bonchev–Trinajstić information content (AvgIpc) is 3.28. The molecule has 0 amide bonds. The van der Waals surface area contributed by atoms with Crippen LogP contribution in [0.25, 0.3) is 17.5 Å². The first kappa shape index (κ1) is 27.7. The number of hydrogen-bond donors (Lipinski definition) is 1. The van der Waals surface area contributed by atoms with Crippen molar-refractivity contribution in [3.8, 4) is 11.5 Å². The number of thiazole rings is 1. The zero-order valence-electron chi connectivity index (χ0n) is 22.2. The van der Waals surface area contributed by atoms with Gasteiger partial charge in [0.2, 0.25) is 0 Å². The molecule has 9 nitrogen and oxygen atoms in total. The van der Waals surface area contributed by atoms with Crippen molar-refractivity contribution in [1.29, 1.82) is 0 Å². The summed E-state index contributed by atoms with van der Waals surface area (Å²) in [4.78, 5) is 40.5. The van der Waals surface area contributed by atoms with Gasteiger partial charge in [-0.3, -0.25) is 9.36 Å². The first-order valence-corrected chi connectivity index (χ1v) is 13.2. The van der Waals surface area contributed by atoms with Gasteiger partial charge in [0.15, 0.2) is 0 Å². The maximum Gasteiger partial charge on any atom is 0.338 e. The summed E-state index contributed by atoms with van der Waals surface area (Å²) in [5, 5.41) is 0. The highest BCUT2D eigenvalue weighted by Gasteiger charge is 2.40. The summed E-state index contributed by atoms with van der Waals surface area (Å²) in [5.41, 5.74) is 7.47. The topological polar surface area (TPSA) is 119 Å². The molecule has 2 N–H and O–H groups in total. The molecule has 2 aromatic carbocycles. The summed E-state index contributed by atoms with van der Waals surface area (Å²) in [7, 11) is 4.33. The van der Waals surface area contributed by atoms with E-state index in [9.17, 15) is 14.4 Å². The largest absolute Gasteiger partial charge is 0.497 e. The second kappa shape index (κ2) is 12.0. The van der Waals surface area contributed by atoms with E-state index in [2.05, 4.69) is 0 Å². The average molecular weight is 551 g/mol. The lowest BCUT2D eigenvalue weighted by Gasteiger charge is -2.27. The SMILES string of the molecule is CCCCOC(=O)C1=C(N)n2c(s/c(=C\c3cccc(OC)c3)c2=O)=C(C(=O)OC)[C@H]1c1cccc(OC)c1. The number of carbonyl (C=O) groups is 2. The minimum absolute atomic E-state index is 0.0138. The number of rotatable bonds is 9. The molecule has 10 heteroatoms. The Morgan fingerprint density at radius 3 is 2.36 bits per heavy atom. The van der Waals surface area contributed by atoms with Crippen molar-refractivity contribution >= 4 is 40.7 Å². The van der Waals surface area contributed by atoms with Gasteiger partial charge in [-0.05, 0) is 47.9 Å². The van der Waals surface area contributed by atoms with E-state index in [-0.39, 0.29) is 28.2 Å². The van der Waals surface area contributed by atoms with E-state index < -0.39 is 23.4 Å².